The maximum Gasteiger partial charge on any atom is 0.309 e. The summed E-state index contributed by atoms with van der Waals surface area (Å²) in [7, 11) is 0. The van der Waals surface area contributed by atoms with Crippen molar-refractivity contribution < 1.29 is 9.90 Å². The van der Waals surface area contributed by atoms with Crippen LogP contribution in [0.3, 0.4) is 0 Å². The molecule has 3 nitrogen and oxygen atoms in total. The summed E-state index contributed by atoms with van der Waals surface area (Å²) in [6, 6.07) is 8.40. The van der Waals surface area contributed by atoms with E-state index >= 15 is 0 Å². The number of carboxylic acids is 1. The molecule has 3 heteroatoms. The maximum atomic E-state index is 11.0. The SMILES string of the molecule is CCC(C)c1ccc(NCCC(C)(C)C(=O)O)cc1. The van der Waals surface area contributed by atoms with Crippen molar-refractivity contribution in [3.63, 3.8) is 0 Å². The Morgan fingerprint density at radius 1 is 1.32 bits per heavy atom. The van der Waals surface area contributed by atoms with Crippen molar-refractivity contribution in [2.24, 2.45) is 5.41 Å². The largest absolute Gasteiger partial charge is 0.481 e. The third-order valence-electron chi connectivity index (χ3n) is 3.75. The number of benzene rings is 1. The first kappa shape index (κ1) is 15.5. The van der Waals surface area contributed by atoms with E-state index in [1.807, 2.05) is 0 Å². The number of carboxylic acid groups (broad SMARTS) is 1. The van der Waals surface area contributed by atoms with Crippen LogP contribution in [-0.4, -0.2) is 17.6 Å². The Morgan fingerprint density at radius 2 is 1.89 bits per heavy atom. The van der Waals surface area contributed by atoms with Gasteiger partial charge in [-0.3, -0.25) is 4.79 Å². The highest BCUT2D eigenvalue weighted by atomic mass is 16.4. The molecule has 1 atom stereocenters. The van der Waals surface area contributed by atoms with Gasteiger partial charge in [0.25, 0.3) is 0 Å². The van der Waals surface area contributed by atoms with E-state index in [1.165, 1.54) is 5.56 Å². The van der Waals surface area contributed by atoms with Crippen molar-refractivity contribution >= 4 is 11.7 Å². The molecular formula is C16H25NO2. The number of aliphatic carboxylic acids is 1. The van der Waals surface area contributed by atoms with E-state index in [0.29, 0.717) is 18.9 Å². The van der Waals surface area contributed by atoms with Crippen molar-refractivity contribution in [1.82, 2.24) is 0 Å². The Labute approximate surface area is 116 Å². The summed E-state index contributed by atoms with van der Waals surface area (Å²) in [5, 5.41) is 12.3. The van der Waals surface area contributed by atoms with Crippen molar-refractivity contribution in [2.75, 3.05) is 11.9 Å². The van der Waals surface area contributed by atoms with Gasteiger partial charge in [0.2, 0.25) is 0 Å². The maximum absolute atomic E-state index is 11.0. The summed E-state index contributed by atoms with van der Waals surface area (Å²) in [5.74, 6) is -0.165. The second-order valence-corrected chi connectivity index (χ2v) is 5.80. The highest BCUT2D eigenvalue weighted by Gasteiger charge is 2.26. The fourth-order valence-corrected chi connectivity index (χ4v) is 1.79. The molecule has 0 saturated carbocycles. The summed E-state index contributed by atoms with van der Waals surface area (Å²) in [4.78, 5) is 11.0. The molecule has 0 aliphatic carbocycles. The van der Waals surface area contributed by atoms with E-state index in [9.17, 15) is 4.79 Å². The lowest BCUT2D eigenvalue weighted by molar-refractivity contribution is -0.147. The molecular weight excluding hydrogens is 238 g/mol. The van der Waals surface area contributed by atoms with Crippen LogP contribution in [0.15, 0.2) is 24.3 Å². The van der Waals surface area contributed by atoms with Gasteiger partial charge < -0.3 is 10.4 Å². The van der Waals surface area contributed by atoms with Crippen LogP contribution < -0.4 is 5.32 Å². The van der Waals surface area contributed by atoms with Crippen molar-refractivity contribution in [3.05, 3.63) is 29.8 Å². The van der Waals surface area contributed by atoms with Crippen LogP contribution in [0.5, 0.6) is 0 Å². The number of anilines is 1. The molecule has 19 heavy (non-hydrogen) atoms. The first-order valence-electron chi connectivity index (χ1n) is 6.94. The van der Waals surface area contributed by atoms with E-state index in [-0.39, 0.29) is 0 Å². The minimum atomic E-state index is -0.749. The molecule has 0 spiro atoms. The molecule has 0 radical (unpaired) electrons. The van der Waals surface area contributed by atoms with Crippen LogP contribution in [0.1, 0.15) is 52.0 Å². The fourth-order valence-electron chi connectivity index (χ4n) is 1.79. The zero-order valence-corrected chi connectivity index (χ0v) is 12.4. The van der Waals surface area contributed by atoms with Gasteiger partial charge in [-0.1, -0.05) is 26.0 Å². The van der Waals surface area contributed by atoms with Crippen LogP contribution in [0.4, 0.5) is 5.69 Å². The fraction of sp³-hybridized carbons (Fsp3) is 0.562. The van der Waals surface area contributed by atoms with Crippen LogP contribution in [0.2, 0.25) is 0 Å². The monoisotopic (exact) mass is 263 g/mol. The van der Waals surface area contributed by atoms with Crippen LogP contribution in [0.25, 0.3) is 0 Å². The minimum Gasteiger partial charge on any atom is -0.481 e. The number of rotatable bonds is 7. The van der Waals surface area contributed by atoms with Gasteiger partial charge in [0.05, 0.1) is 5.41 Å². The highest BCUT2D eigenvalue weighted by molar-refractivity contribution is 5.73. The standard InChI is InChI=1S/C16H25NO2/c1-5-12(2)13-6-8-14(9-7-13)17-11-10-16(3,4)15(18)19/h6-9,12,17H,5,10-11H2,1-4H3,(H,18,19). The summed E-state index contributed by atoms with van der Waals surface area (Å²) in [6.07, 6.45) is 1.75. The molecule has 0 fully saturated rings. The molecule has 0 aliphatic rings. The van der Waals surface area contributed by atoms with Crippen molar-refractivity contribution in [2.45, 2.75) is 46.5 Å². The lowest BCUT2D eigenvalue weighted by atomic mass is 9.89. The van der Waals surface area contributed by atoms with Gasteiger partial charge in [-0.15, -0.1) is 0 Å². The van der Waals surface area contributed by atoms with Gasteiger partial charge in [-0.2, -0.15) is 0 Å². The number of nitrogens with one attached hydrogen (secondary N) is 1. The summed E-state index contributed by atoms with van der Waals surface area (Å²) in [5.41, 5.74) is 1.72. The summed E-state index contributed by atoms with van der Waals surface area (Å²) < 4.78 is 0. The zero-order valence-electron chi connectivity index (χ0n) is 12.4. The average molecular weight is 263 g/mol. The number of carbonyl (C=O) groups is 1. The Morgan fingerprint density at radius 3 is 2.37 bits per heavy atom. The van der Waals surface area contributed by atoms with Crippen LogP contribution >= 0.6 is 0 Å². The van der Waals surface area contributed by atoms with Gasteiger partial charge >= 0.3 is 5.97 Å². The third kappa shape index (κ3) is 4.58. The van der Waals surface area contributed by atoms with Crippen LogP contribution in [-0.2, 0) is 4.79 Å². The van der Waals surface area contributed by atoms with Crippen molar-refractivity contribution in [3.8, 4) is 0 Å². The Bertz CT molecular complexity index is 409. The lowest BCUT2D eigenvalue weighted by Crippen LogP contribution is -2.26. The zero-order chi connectivity index (χ0) is 14.5. The summed E-state index contributed by atoms with van der Waals surface area (Å²) in [6.45, 7) is 8.58. The predicted octanol–water partition coefficient (Wildman–Crippen LogP) is 4.11. The Balaban J connectivity index is 2.49. The van der Waals surface area contributed by atoms with E-state index < -0.39 is 11.4 Å². The topological polar surface area (TPSA) is 49.3 Å². The highest BCUT2D eigenvalue weighted by Crippen LogP contribution is 2.22. The molecule has 1 rings (SSSR count). The molecule has 0 saturated heterocycles. The van der Waals surface area contributed by atoms with Gasteiger partial charge in [0.15, 0.2) is 0 Å². The quantitative estimate of drug-likeness (QED) is 0.778. The third-order valence-corrected chi connectivity index (χ3v) is 3.75. The normalized spacial score (nSPS) is 13.1. The Hall–Kier alpha value is -1.51. The van der Waals surface area contributed by atoms with E-state index in [2.05, 4.69) is 43.4 Å². The lowest BCUT2D eigenvalue weighted by Gasteiger charge is -2.19. The second-order valence-electron chi connectivity index (χ2n) is 5.80. The molecule has 0 amide bonds. The molecule has 0 heterocycles. The van der Waals surface area contributed by atoms with E-state index in [1.54, 1.807) is 13.8 Å². The summed E-state index contributed by atoms with van der Waals surface area (Å²) >= 11 is 0. The number of hydrogen-bond acceptors (Lipinski definition) is 2. The van der Waals surface area contributed by atoms with Gasteiger partial charge in [0, 0.05) is 12.2 Å². The molecule has 1 aromatic rings. The first-order valence-corrected chi connectivity index (χ1v) is 6.94. The van der Waals surface area contributed by atoms with Crippen molar-refractivity contribution in [1.29, 1.82) is 0 Å². The molecule has 0 aromatic heterocycles. The molecule has 0 aliphatic heterocycles. The molecule has 2 N–H and O–H groups in total. The van der Waals surface area contributed by atoms with Gasteiger partial charge in [-0.05, 0) is 50.3 Å². The predicted molar refractivity (Wildman–Crippen MR) is 79.7 cm³/mol. The first-order chi connectivity index (χ1) is 8.86. The average Bonchev–Trinajstić information content (AvgIpc) is 2.38. The second kappa shape index (κ2) is 6.60. The molecule has 1 aromatic carbocycles. The minimum absolute atomic E-state index is 0.583. The molecule has 1 unspecified atom stereocenters. The smallest absolute Gasteiger partial charge is 0.309 e. The van der Waals surface area contributed by atoms with Crippen LogP contribution in [0, 0.1) is 5.41 Å². The van der Waals surface area contributed by atoms with Gasteiger partial charge in [-0.25, -0.2) is 0 Å². The van der Waals surface area contributed by atoms with Gasteiger partial charge in [0.1, 0.15) is 0 Å². The molecule has 106 valence electrons. The van der Waals surface area contributed by atoms with E-state index in [0.717, 1.165) is 12.1 Å². The van der Waals surface area contributed by atoms with E-state index in [4.69, 9.17) is 5.11 Å². The molecule has 0 bridgehead atoms. The Kier molecular flexibility index (Phi) is 5.40. The number of hydrogen-bond donors (Lipinski definition) is 2.